The molecule has 0 radical (unpaired) electrons. The van der Waals surface area contributed by atoms with Crippen molar-refractivity contribution in [2.24, 2.45) is 5.14 Å². The van der Waals surface area contributed by atoms with Crippen LogP contribution in [0.25, 0.3) is 22.2 Å². The van der Waals surface area contributed by atoms with Gasteiger partial charge in [-0.15, -0.1) is 0 Å². The number of aliphatic hydroxyl groups is 1. The zero-order valence-corrected chi connectivity index (χ0v) is 16.1. The highest BCUT2D eigenvalue weighted by molar-refractivity contribution is 7.89. The number of nitrogens with one attached hydrogen (secondary N) is 1. The molecule has 29 heavy (non-hydrogen) atoms. The van der Waals surface area contributed by atoms with Crippen LogP contribution in [-0.4, -0.2) is 23.5 Å². The molecule has 4 aromatic rings. The Kier molecular flexibility index (Phi) is 4.91. The summed E-state index contributed by atoms with van der Waals surface area (Å²) in [6, 6.07) is 12.7. The number of rotatable bonds is 5. The van der Waals surface area contributed by atoms with E-state index in [1.54, 1.807) is 42.7 Å². The van der Waals surface area contributed by atoms with Crippen molar-refractivity contribution in [1.82, 2.24) is 9.97 Å². The molecule has 0 aliphatic rings. The maximum absolute atomic E-state index is 14.8. The summed E-state index contributed by atoms with van der Waals surface area (Å²) in [6.45, 7) is -0.113. The highest BCUT2D eigenvalue weighted by Gasteiger charge is 2.16. The summed E-state index contributed by atoms with van der Waals surface area (Å²) < 4.78 is 38.4. The van der Waals surface area contributed by atoms with Crippen LogP contribution >= 0.6 is 0 Å². The molecule has 0 amide bonds. The SMILES string of the molecule is NS(=O)(=O)c1ccccc1-c1ccc(Cc2cnc3[nH]cc(CO)c3c2)c(F)c1. The fourth-order valence-electron chi connectivity index (χ4n) is 3.36. The molecule has 0 aliphatic heterocycles. The van der Waals surface area contributed by atoms with Gasteiger partial charge in [-0.05, 0) is 34.9 Å². The first-order valence-corrected chi connectivity index (χ1v) is 10.4. The maximum Gasteiger partial charge on any atom is 0.238 e. The van der Waals surface area contributed by atoms with Crippen LogP contribution in [0.5, 0.6) is 0 Å². The summed E-state index contributed by atoms with van der Waals surface area (Å²) in [5, 5.41) is 15.5. The van der Waals surface area contributed by atoms with E-state index in [1.165, 1.54) is 12.1 Å². The number of hydrogen-bond acceptors (Lipinski definition) is 4. The van der Waals surface area contributed by atoms with Crippen molar-refractivity contribution in [3.63, 3.8) is 0 Å². The number of primary sulfonamides is 1. The predicted molar refractivity (Wildman–Crippen MR) is 108 cm³/mol. The number of pyridine rings is 1. The van der Waals surface area contributed by atoms with Crippen LogP contribution in [0, 0.1) is 5.82 Å². The van der Waals surface area contributed by atoms with E-state index in [9.17, 15) is 17.9 Å². The van der Waals surface area contributed by atoms with Crippen LogP contribution in [0.2, 0.25) is 0 Å². The van der Waals surface area contributed by atoms with Gasteiger partial charge in [-0.1, -0.05) is 30.3 Å². The minimum absolute atomic E-state index is 0.0502. The van der Waals surface area contributed by atoms with Gasteiger partial charge in [0.05, 0.1) is 11.5 Å². The number of halogens is 1. The normalized spacial score (nSPS) is 11.8. The molecule has 0 aliphatic carbocycles. The number of aromatic amines is 1. The Balaban J connectivity index is 1.69. The first-order chi connectivity index (χ1) is 13.9. The van der Waals surface area contributed by atoms with Gasteiger partial charge < -0.3 is 10.1 Å². The molecule has 4 N–H and O–H groups in total. The van der Waals surface area contributed by atoms with Crippen molar-refractivity contribution in [3.05, 3.63) is 83.4 Å². The molecule has 0 atom stereocenters. The van der Waals surface area contributed by atoms with Gasteiger partial charge in [0.1, 0.15) is 11.5 Å². The zero-order chi connectivity index (χ0) is 20.6. The molecular formula is C21H18FN3O3S. The van der Waals surface area contributed by atoms with E-state index in [0.717, 1.165) is 16.5 Å². The van der Waals surface area contributed by atoms with Gasteiger partial charge in [0.25, 0.3) is 0 Å². The Morgan fingerprint density at radius 2 is 1.90 bits per heavy atom. The van der Waals surface area contributed by atoms with Crippen molar-refractivity contribution in [2.45, 2.75) is 17.9 Å². The second-order valence-electron chi connectivity index (χ2n) is 6.74. The van der Waals surface area contributed by atoms with Crippen molar-refractivity contribution >= 4 is 21.1 Å². The van der Waals surface area contributed by atoms with Gasteiger partial charge in [-0.3, -0.25) is 0 Å². The van der Waals surface area contributed by atoms with E-state index in [1.807, 2.05) is 6.07 Å². The number of nitrogens with zero attached hydrogens (tertiary/aromatic N) is 1. The van der Waals surface area contributed by atoms with Crippen LogP contribution < -0.4 is 5.14 Å². The second-order valence-corrected chi connectivity index (χ2v) is 8.27. The monoisotopic (exact) mass is 411 g/mol. The first-order valence-electron chi connectivity index (χ1n) is 8.83. The van der Waals surface area contributed by atoms with Crippen molar-refractivity contribution in [3.8, 4) is 11.1 Å². The lowest BCUT2D eigenvalue weighted by Crippen LogP contribution is -2.13. The molecule has 148 valence electrons. The Morgan fingerprint density at radius 1 is 1.10 bits per heavy atom. The minimum atomic E-state index is -3.93. The molecule has 2 aromatic heterocycles. The molecule has 6 nitrogen and oxygen atoms in total. The van der Waals surface area contributed by atoms with E-state index in [2.05, 4.69) is 9.97 Å². The number of hydrogen-bond donors (Lipinski definition) is 3. The number of aliphatic hydroxyl groups excluding tert-OH is 1. The molecule has 4 rings (SSSR count). The number of sulfonamides is 1. The lowest BCUT2D eigenvalue weighted by Gasteiger charge is -2.10. The standard InChI is InChI=1S/C21H18FN3O3S/c22-19-9-14(17-3-1-2-4-20(17)29(23,27)28)5-6-15(19)7-13-8-18-16(12-26)11-25-21(18)24-10-13/h1-6,8-11,26H,7,12H2,(H,24,25)(H2,23,27,28). The summed E-state index contributed by atoms with van der Waals surface area (Å²) in [4.78, 5) is 7.24. The molecular weight excluding hydrogens is 393 g/mol. The van der Waals surface area contributed by atoms with E-state index >= 15 is 0 Å². The van der Waals surface area contributed by atoms with E-state index in [-0.39, 0.29) is 11.5 Å². The summed E-state index contributed by atoms with van der Waals surface area (Å²) in [5.41, 5.74) is 3.41. The molecule has 2 aromatic carbocycles. The lowest BCUT2D eigenvalue weighted by atomic mass is 9.99. The predicted octanol–water partition coefficient (Wildman–Crippen LogP) is 3.10. The smallest absolute Gasteiger partial charge is 0.238 e. The van der Waals surface area contributed by atoms with Crippen LogP contribution in [0.15, 0.2) is 65.8 Å². The zero-order valence-electron chi connectivity index (χ0n) is 15.3. The molecule has 0 spiro atoms. The topological polar surface area (TPSA) is 109 Å². The number of nitrogens with two attached hydrogens (primary N) is 1. The van der Waals surface area contributed by atoms with E-state index in [0.29, 0.717) is 28.8 Å². The Hall–Kier alpha value is -3.07. The van der Waals surface area contributed by atoms with Crippen LogP contribution in [-0.2, 0) is 23.1 Å². The molecule has 2 heterocycles. The quantitative estimate of drug-likeness (QED) is 0.469. The van der Waals surface area contributed by atoms with Crippen molar-refractivity contribution in [2.75, 3.05) is 0 Å². The van der Waals surface area contributed by atoms with E-state index < -0.39 is 15.8 Å². The molecule has 0 unspecified atom stereocenters. The van der Waals surface area contributed by atoms with Gasteiger partial charge >= 0.3 is 0 Å². The van der Waals surface area contributed by atoms with Crippen molar-refractivity contribution in [1.29, 1.82) is 0 Å². The lowest BCUT2D eigenvalue weighted by molar-refractivity contribution is 0.283. The first kappa shape index (κ1) is 19.3. The fourth-order valence-corrected chi connectivity index (χ4v) is 4.12. The number of fused-ring (bicyclic) bond motifs is 1. The molecule has 0 saturated carbocycles. The van der Waals surface area contributed by atoms with Crippen LogP contribution in [0.3, 0.4) is 0 Å². The van der Waals surface area contributed by atoms with Crippen LogP contribution in [0.4, 0.5) is 4.39 Å². The molecule has 0 bridgehead atoms. The Morgan fingerprint density at radius 3 is 2.62 bits per heavy atom. The Bertz CT molecular complexity index is 1320. The summed E-state index contributed by atoms with van der Waals surface area (Å²) in [6.07, 6.45) is 3.66. The van der Waals surface area contributed by atoms with Crippen molar-refractivity contribution < 1.29 is 17.9 Å². The minimum Gasteiger partial charge on any atom is -0.392 e. The average molecular weight is 411 g/mol. The molecule has 8 heteroatoms. The fraction of sp³-hybridized carbons (Fsp3) is 0.0952. The summed E-state index contributed by atoms with van der Waals surface area (Å²) in [7, 11) is -3.93. The third kappa shape index (κ3) is 3.77. The number of H-pyrrole nitrogens is 1. The van der Waals surface area contributed by atoms with Crippen LogP contribution in [0.1, 0.15) is 16.7 Å². The number of benzene rings is 2. The second kappa shape index (κ2) is 7.40. The Labute approximate surface area is 166 Å². The van der Waals surface area contributed by atoms with Gasteiger partial charge in [0.15, 0.2) is 0 Å². The van der Waals surface area contributed by atoms with Gasteiger partial charge in [-0.2, -0.15) is 0 Å². The largest absolute Gasteiger partial charge is 0.392 e. The third-order valence-corrected chi connectivity index (χ3v) is 5.77. The average Bonchev–Trinajstić information content (AvgIpc) is 3.11. The van der Waals surface area contributed by atoms with E-state index in [4.69, 9.17) is 5.14 Å². The molecule has 0 fully saturated rings. The summed E-state index contributed by atoms with van der Waals surface area (Å²) >= 11 is 0. The van der Waals surface area contributed by atoms with Gasteiger partial charge in [0.2, 0.25) is 10.0 Å². The maximum atomic E-state index is 14.8. The third-order valence-electron chi connectivity index (χ3n) is 4.80. The van der Waals surface area contributed by atoms with Gasteiger partial charge in [0, 0.05) is 35.3 Å². The van der Waals surface area contributed by atoms with Gasteiger partial charge in [-0.25, -0.2) is 22.9 Å². The highest BCUT2D eigenvalue weighted by atomic mass is 32.2. The highest BCUT2D eigenvalue weighted by Crippen LogP contribution is 2.29. The summed E-state index contributed by atoms with van der Waals surface area (Å²) in [5.74, 6) is -0.455. The molecule has 0 saturated heterocycles. The number of aromatic nitrogens is 2.